The number of ether oxygens (including phenoxy) is 1. The number of rotatable bonds is 6. The van der Waals surface area contributed by atoms with Crippen molar-refractivity contribution in [1.82, 2.24) is 5.32 Å². The van der Waals surface area contributed by atoms with E-state index in [2.05, 4.69) is 26.1 Å². The molecule has 1 saturated carbocycles. The van der Waals surface area contributed by atoms with Gasteiger partial charge in [-0.3, -0.25) is 0 Å². The van der Waals surface area contributed by atoms with Crippen LogP contribution in [0.25, 0.3) is 0 Å². The summed E-state index contributed by atoms with van der Waals surface area (Å²) in [5.41, 5.74) is 0. The molecule has 0 bridgehead atoms. The fourth-order valence-corrected chi connectivity index (χ4v) is 2.71. The van der Waals surface area contributed by atoms with Crippen LogP contribution < -0.4 is 5.32 Å². The Morgan fingerprint density at radius 1 is 1.12 bits per heavy atom. The van der Waals surface area contributed by atoms with Crippen molar-refractivity contribution in [2.45, 2.75) is 71.1 Å². The van der Waals surface area contributed by atoms with Crippen molar-refractivity contribution in [2.24, 2.45) is 11.8 Å². The molecule has 3 atom stereocenters. The van der Waals surface area contributed by atoms with Crippen LogP contribution in [0.5, 0.6) is 0 Å². The highest BCUT2D eigenvalue weighted by atomic mass is 16.5. The van der Waals surface area contributed by atoms with Crippen molar-refractivity contribution < 1.29 is 4.74 Å². The summed E-state index contributed by atoms with van der Waals surface area (Å²) in [7, 11) is 0. The Morgan fingerprint density at radius 3 is 2.50 bits per heavy atom. The van der Waals surface area contributed by atoms with E-state index in [0.717, 1.165) is 18.4 Å². The van der Waals surface area contributed by atoms with Crippen LogP contribution in [0.1, 0.15) is 52.9 Å². The summed E-state index contributed by atoms with van der Waals surface area (Å²) in [6, 6.07) is 1.28. The molecule has 3 unspecified atom stereocenters. The van der Waals surface area contributed by atoms with Crippen molar-refractivity contribution in [3.05, 3.63) is 0 Å². The highest BCUT2D eigenvalue weighted by Gasteiger charge is 2.40. The molecule has 0 aromatic heterocycles. The van der Waals surface area contributed by atoms with Crippen LogP contribution >= 0.6 is 0 Å². The molecule has 1 aliphatic heterocycles. The Kier molecular flexibility index (Phi) is 4.26. The van der Waals surface area contributed by atoms with Gasteiger partial charge in [-0.1, -0.05) is 13.8 Å². The third-order valence-electron chi connectivity index (χ3n) is 3.90. The summed E-state index contributed by atoms with van der Waals surface area (Å²) in [5, 5.41) is 3.78. The molecule has 1 N–H and O–H groups in total. The molecule has 1 saturated heterocycles. The summed E-state index contributed by atoms with van der Waals surface area (Å²) in [4.78, 5) is 0. The van der Waals surface area contributed by atoms with E-state index < -0.39 is 0 Å². The van der Waals surface area contributed by atoms with Crippen molar-refractivity contribution in [1.29, 1.82) is 0 Å². The van der Waals surface area contributed by atoms with Gasteiger partial charge in [0.15, 0.2) is 0 Å². The largest absolute Gasteiger partial charge is 0.376 e. The second-order valence-electron chi connectivity index (χ2n) is 6.11. The highest BCUT2D eigenvalue weighted by Crippen LogP contribution is 2.38. The lowest BCUT2D eigenvalue weighted by molar-refractivity contribution is 0.0789. The molecule has 94 valence electrons. The maximum absolute atomic E-state index is 5.85. The van der Waals surface area contributed by atoms with E-state index in [1.165, 1.54) is 32.1 Å². The minimum atomic E-state index is 0.529. The van der Waals surface area contributed by atoms with Crippen molar-refractivity contribution >= 4 is 0 Å². The SMILES string of the molecule is CC(C)CCC(C)NC1CCOC1C1CC1. The monoisotopic (exact) mass is 225 g/mol. The molecule has 2 aliphatic rings. The van der Waals surface area contributed by atoms with E-state index in [4.69, 9.17) is 4.74 Å². The molecule has 2 rings (SSSR count). The zero-order chi connectivity index (χ0) is 11.5. The topological polar surface area (TPSA) is 21.3 Å². The summed E-state index contributed by atoms with van der Waals surface area (Å²) in [6.45, 7) is 7.90. The third-order valence-corrected chi connectivity index (χ3v) is 3.90. The summed E-state index contributed by atoms with van der Waals surface area (Å²) >= 11 is 0. The molecular weight excluding hydrogens is 198 g/mol. The van der Waals surface area contributed by atoms with Crippen LogP contribution in [0.2, 0.25) is 0 Å². The summed E-state index contributed by atoms with van der Waals surface area (Å²) in [5.74, 6) is 1.70. The second kappa shape index (κ2) is 5.50. The Hall–Kier alpha value is -0.0800. The maximum atomic E-state index is 5.85. The van der Waals surface area contributed by atoms with Gasteiger partial charge in [-0.05, 0) is 50.9 Å². The number of nitrogens with one attached hydrogen (secondary N) is 1. The molecule has 0 radical (unpaired) electrons. The average molecular weight is 225 g/mol. The van der Waals surface area contributed by atoms with Gasteiger partial charge in [0.2, 0.25) is 0 Å². The van der Waals surface area contributed by atoms with Gasteiger partial charge in [0.25, 0.3) is 0 Å². The molecular formula is C14H27NO. The first-order valence-corrected chi connectivity index (χ1v) is 7.04. The van der Waals surface area contributed by atoms with E-state index in [1.54, 1.807) is 0 Å². The second-order valence-corrected chi connectivity index (χ2v) is 6.11. The lowest BCUT2D eigenvalue weighted by Gasteiger charge is -2.24. The predicted octanol–water partition coefficient (Wildman–Crippen LogP) is 2.97. The fraction of sp³-hybridized carbons (Fsp3) is 1.00. The lowest BCUT2D eigenvalue weighted by atomic mass is 10.0. The first-order chi connectivity index (χ1) is 7.66. The Bertz CT molecular complexity index is 213. The molecule has 2 heteroatoms. The Balaban J connectivity index is 1.70. The quantitative estimate of drug-likeness (QED) is 0.750. The first-order valence-electron chi connectivity index (χ1n) is 7.04. The minimum Gasteiger partial charge on any atom is -0.376 e. The summed E-state index contributed by atoms with van der Waals surface area (Å²) in [6.07, 6.45) is 7.16. The van der Waals surface area contributed by atoms with E-state index in [0.29, 0.717) is 18.2 Å². The standard InChI is InChI=1S/C14H27NO/c1-10(2)4-5-11(3)15-13-8-9-16-14(13)12-6-7-12/h10-15H,4-9H2,1-3H3. The van der Waals surface area contributed by atoms with Gasteiger partial charge in [0.05, 0.1) is 6.10 Å². The normalized spacial score (nSPS) is 32.2. The molecule has 0 aromatic carbocycles. The zero-order valence-corrected chi connectivity index (χ0v) is 11.0. The average Bonchev–Trinajstić information content (AvgIpc) is 2.97. The number of hydrogen-bond donors (Lipinski definition) is 1. The zero-order valence-electron chi connectivity index (χ0n) is 11.0. The van der Waals surface area contributed by atoms with Crippen LogP contribution in [0.3, 0.4) is 0 Å². The summed E-state index contributed by atoms with van der Waals surface area (Å²) < 4.78 is 5.85. The Labute approximate surface area is 100 Å². The lowest BCUT2D eigenvalue weighted by Crippen LogP contribution is -2.42. The fourth-order valence-electron chi connectivity index (χ4n) is 2.71. The van der Waals surface area contributed by atoms with Gasteiger partial charge in [-0.2, -0.15) is 0 Å². The van der Waals surface area contributed by atoms with Crippen molar-refractivity contribution in [2.75, 3.05) is 6.61 Å². The predicted molar refractivity (Wildman–Crippen MR) is 67.5 cm³/mol. The van der Waals surface area contributed by atoms with Gasteiger partial charge >= 0.3 is 0 Å². The molecule has 2 fully saturated rings. The number of hydrogen-bond acceptors (Lipinski definition) is 2. The van der Waals surface area contributed by atoms with Gasteiger partial charge in [-0.25, -0.2) is 0 Å². The van der Waals surface area contributed by atoms with E-state index >= 15 is 0 Å². The van der Waals surface area contributed by atoms with Crippen molar-refractivity contribution in [3.8, 4) is 0 Å². The Morgan fingerprint density at radius 2 is 1.88 bits per heavy atom. The van der Waals surface area contributed by atoms with E-state index in [1.807, 2.05) is 0 Å². The smallest absolute Gasteiger partial charge is 0.0757 e. The molecule has 1 heterocycles. The van der Waals surface area contributed by atoms with Gasteiger partial charge < -0.3 is 10.1 Å². The molecule has 2 nitrogen and oxygen atoms in total. The molecule has 0 aromatic rings. The van der Waals surface area contributed by atoms with E-state index in [9.17, 15) is 0 Å². The van der Waals surface area contributed by atoms with E-state index in [-0.39, 0.29) is 0 Å². The van der Waals surface area contributed by atoms with Crippen LogP contribution in [-0.4, -0.2) is 24.8 Å². The van der Waals surface area contributed by atoms with Crippen LogP contribution in [0.4, 0.5) is 0 Å². The third kappa shape index (κ3) is 3.46. The van der Waals surface area contributed by atoms with Gasteiger partial charge in [0.1, 0.15) is 0 Å². The van der Waals surface area contributed by atoms with Gasteiger partial charge in [-0.15, -0.1) is 0 Å². The molecule has 0 amide bonds. The highest BCUT2D eigenvalue weighted by molar-refractivity contribution is 4.94. The molecule has 0 spiro atoms. The molecule has 1 aliphatic carbocycles. The van der Waals surface area contributed by atoms with Crippen LogP contribution in [0.15, 0.2) is 0 Å². The van der Waals surface area contributed by atoms with Crippen LogP contribution in [0, 0.1) is 11.8 Å². The minimum absolute atomic E-state index is 0.529. The molecule has 16 heavy (non-hydrogen) atoms. The van der Waals surface area contributed by atoms with Crippen LogP contribution in [-0.2, 0) is 4.74 Å². The first kappa shape index (κ1) is 12.4. The maximum Gasteiger partial charge on any atom is 0.0757 e. The van der Waals surface area contributed by atoms with Crippen molar-refractivity contribution in [3.63, 3.8) is 0 Å². The van der Waals surface area contributed by atoms with Gasteiger partial charge in [0, 0.05) is 18.7 Å².